The molecule has 0 aromatic heterocycles. The van der Waals surface area contributed by atoms with E-state index in [1.54, 1.807) is 0 Å². The highest BCUT2D eigenvalue weighted by atomic mass is 16.5. The van der Waals surface area contributed by atoms with Crippen molar-refractivity contribution in [2.75, 3.05) is 26.2 Å². The van der Waals surface area contributed by atoms with E-state index < -0.39 is 0 Å². The van der Waals surface area contributed by atoms with Gasteiger partial charge in [0.2, 0.25) is 0 Å². The molecule has 0 aliphatic carbocycles. The largest absolute Gasteiger partial charge is 0.374 e. The van der Waals surface area contributed by atoms with E-state index in [0.717, 1.165) is 13.1 Å². The highest BCUT2D eigenvalue weighted by molar-refractivity contribution is 4.90. The van der Waals surface area contributed by atoms with Crippen LogP contribution in [0.5, 0.6) is 0 Å². The van der Waals surface area contributed by atoms with Crippen LogP contribution in [0.2, 0.25) is 0 Å². The third-order valence-corrected chi connectivity index (χ3v) is 1.86. The molecule has 0 spiro atoms. The fraction of sp³-hybridized carbons (Fsp3) is 0.667. The zero-order valence-corrected chi connectivity index (χ0v) is 6.99. The molecule has 1 rings (SSSR count). The Hall–Kier alpha value is -1.03. The fourth-order valence-corrected chi connectivity index (χ4v) is 1.28. The minimum Gasteiger partial charge on any atom is -0.374 e. The van der Waals surface area contributed by atoms with Crippen LogP contribution in [0.3, 0.4) is 0 Å². The summed E-state index contributed by atoms with van der Waals surface area (Å²) in [6.07, 6.45) is 5.69. The first-order valence-electron chi connectivity index (χ1n) is 4.01. The Bertz CT molecular complexity index is 192. The second-order valence-corrected chi connectivity index (χ2v) is 2.79. The summed E-state index contributed by atoms with van der Waals surface area (Å²) in [5.74, 6) is 2.59. The monoisotopic (exact) mass is 164 g/mol. The molecule has 1 aliphatic heterocycles. The summed E-state index contributed by atoms with van der Waals surface area (Å²) in [4.78, 5) is 2.13. The van der Waals surface area contributed by atoms with Gasteiger partial charge >= 0.3 is 0 Å². The third kappa shape index (κ3) is 2.54. The summed E-state index contributed by atoms with van der Waals surface area (Å²) in [7, 11) is 0. The molecule has 1 aliphatic rings. The van der Waals surface area contributed by atoms with E-state index >= 15 is 0 Å². The quantitative estimate of drug-likeness (QED) is 0.548. The smallest absolute Gasteiger partial charge is 0.0832 e. The van der Waals surface area contributed by atoms with E-state index in [4.69, 9.17) is 16.4 Å². The number of morpholine rings is 1. The summed E-state index contributed by atoms with van der Waals surface area (Å²) in [6, 6.07) is 2.10. The van der Waals surface area contributed by atoms with Gasteiger partial charge in [-0.25, -0.2) is 0 Å². The number of rotatable bonds is 2. The van der Waals surface area contributed by atoms with Crippen LogP contribution in [0.4, 0.5) is 0 Å². The molecule has 3 nitrogen and oxygen atoms in total. The Kier molecular flexibility index (Phi) is 3.60. The Labute approximate surface area is 72.9 Å². The van der Waals surface area contributed by atoms with Crippen molar-refractivity contribution in [2.24, 2.45) is 0 Å². The summed E-state index contributed by atoms with van der Waals surface area (Å²) >= 11 is 0. The van der Waals surface area contributed by atoms with Crippen molar-refractivity contribution in [2.45, 2.75) is 12.5 Å². The van der Waals surface area contributed by atoms with E-state index in [1.807, 2.05) is 0 Å². The zero-order chi connectivity index (χ0) is 8.81. The second kappa shape index (κ2) is 4.77. The minimum absolute atomic E-state index is 0.0529. The topological polar surface area (TPSA) is 36.3 Å². The molecule has 0 aromatic rings. The van der Waals surface area contributed by atoms with Gasteiger partial charge in [0.1, 0.15) is 0 Å². The average molecular weight is 164 g/mol. The predicted molar refractivity (Wildman–Crippen MR) is 45.2 cm³/mol. The van der Waals surface area contributed by atoms with Gasteiger partial charge < -0.3 is 4.74 Å². The number of nitrogens with zero attached hydrogens (tertiary/aromatic N) is 2. The van der Waals surface area contributed by atoms with Crippen LogP contribution >= 0.6 is 0 Å². The van der Waals surface area contributed by atoms with Crippen molar-refractivity contribution < 1.29 is 4.74 Å². The average Bonchev–Trinajstić information content (AvgIpc) is 2.06. The summed E-state index contributed by atoms with van der Waals surface area (Å²) in [5, 5.41) is 8.45. The molecule has 1 saturated heterocycles. The second-order valence-electron chi connectivity index (χ2n) is 2.79. The maximum Gasteiger partial charge on any atom is 0.0832 e. The number of hydrogen-bond donors (Lipinski definition) is 0. The molecule has 0 saturated carbocycles. The fourth-order valence-electron chi connectivity index (χ4n) is 1.28. The van der Waals surface area contributed by atoms with Crippen molar-refractivity contribution in [1.82, 2.24) is 4.90 Å². The summed E-state index contributed by atoms with van der Waals surface area (Å²) < 4.78 is 5.36. The molecule has 12 heavy (non-hydrogen) atoms. The first-order valence-corrected chi connectivity index (χ1v) is 4.01. The molecule has 0 amide bonds. The number of terminal acetylenes is 1. The van der Waals surface area contributed by atoms with Crippen molar-refractivity contribution in [3.05, 3.63) is 0 Å². The molecule has 64 valence electrons. The van der Waals surface area contributed by atoms with Gasteiger partial charge in [0.25, 0.3) is 0 Å². The van der Waals surface area contributed by atoms with Gasteiger partial charge in [-0.15, -0.1) is 6.42 Å². The highest BCUT2D eigenvalue weighted by Gasteiger charge is 2.18. The number of nitriles is 1. The zero-order valence-electron chi connectivity index (χ0n) is 6.99. The first kappa shape index (κ1) is 9.06. The van der Waals surface area contributed by atoms with Gasteiger partial charge in [0, 0.05) is 13.1 Å². The molecular weight excluding hydrogens is 152 g/mol. The molecule has 0 radical (unpaired) electrons. The Balaban J connectivity index is 2.32. The van der Waals surface area contributed by atoms with Crippen LogP contribution in [0.25, 0.3) is 0 Å². The molecule has 1 heterocycles. The molecule has 0 bridgehead atoms. The summed E-state index contributed by atoms with van der Waals surface area (Å²) in [5.41, 5.74) is 0. The van der Waals surface area contributed by atoms with E-state index in [2.05, 4.69) is 16.9 Å². The van der Waals surface area contributed by atoms with Crippen LogP contribution in [0, 0.1) is 23.7 Å². The molecule has 0 unspecified atom stereocenters. The molecule has 1 fully saturated rings. The Morgan fingerprint density at radius 1 is 1.67 bits per heavy atom. The lowest BCUT2D eigenvalue weighted by molar-refractivity contribution is -0.0207. The highest BCUT2D eigenvalue weighted by Crippen LogP contribution is 2.06. The third-order valence-electron chi connectivity index (χ3n) is 1.86. The molecule has 0 N–H and O–H groups in total. The van der Waals surface area contributed by atoms with Crippen LogP contribution in [0.1, 0.15) is 6.42 Å². The maximum atomic E-state index is 8.45. The first-order chi connectivity index (χ1) is 5.86. The van der Waals surface area contributed by atoms with Crippen LogP contribution in [0.15, 0.2) is 0 Å². The lowest BCUT2D eigenvalue weighted by Crippen LogP contribution is -2.42. The van der Waals surface area contributed by atoms with E-state index in [0.29, 0.717) is 19.6 Å². The van der Waals surface area contributed by atoms with Crippen LogP contribution in [-0.4, -0.2) is 37.2 Å². The molecule has 0 aromatic carbocycles. The van der Waals surface area contributed by atoms with Gasteiger partial charge in [0.05, 0.1) is 31.7 Å². The lowest BCUT2D eigenvalue weighted by atomic mass is 10.2. The Morgan fingerprint density at radius 3 is 3.17 bits per heavy atom. The minimum atomic E-state index is 0.0529. The number of hydrogen-bond acceptors (Lipinski definition) is 3. The number of ether oxygens (including phenoxy) is 1. The van der Waals surface area contributed by atoms with Gasteiger partial charge in [-0.3, -0.25) is 4.90 Å². The maximum absolute atomic E-state index is 8.45. The molecule has 1 atom stereocenters. The van der Waals surface area contributed by atoms with Gasteiger partial charge in [-0.2, -0.15) is 5.26 Å². The normalized spacial score (nSPS) is 24.3. The molecular formula is C9H12N2O. The van der Waals surface area contributed by atoms with Gasteiger partial charge in [-0.1, -0.05) is 5.92 Å². The summed E-state index contributed by atoms with van der Waals surface area (Å²) in [6.45, 7) is 3.02. The van der Waals surface area contributed by atoms with Crippen molar-refractivity contribution >= 4 is 0 Å². The van der Waals surface area contributed by atoms with Crippen molar-refractivity contribution in [3.63, 3.8) is 0 Å². The van der Waals surface area contributed by atoms with Crippen molar-refractivity contribution in [1.29, 1.82) is 5.26 Å². The van der Waals surface area contributed by atoms with Gasteiger partial charge in [-0.05, 0) is 0 Å². The molecule has 3 heteroatoms. The predicted octanol–water partition coefficient (Wildman–Crippen LogP) is 0.234. The van der Waals surface area contributed by atoms with Crippen molar-refractivity contribution in [3.8, 4) is 18.4 Å². The lowest BCUT2D eigenvalue weighted by Gasteiger charge is -2.30. The van der Waals surface area contributed by atoms with Crippen LogP contribution < -0.4 is 0 Å². The SMILES string of the molecule is C#CCN1CCO[C@@H](CC#N)C1. The van der Waals surface area contributed by atoms with Crippen LogP contribution in [-0.2, 0) is 4.74 Å². The Morgan fingerprint density at radius 2 is 2.50 bits per heavy atom. The van der Waals surface area contributed by atoms with E-state index in [9.17, 15) is 0 Å². The van der Waals surface area contributed by atoms with E-state index in [-0.39, 0.29) is 6.10 Å². The van der Waals surface area contributed by atoms with Gasteiger partial charge in [0.15, 0.2) is 0 Å². The van der Waals surface area contributed by atoms with E-state index in [1.165, 1.54) is 0 Å². The standard InChI is InChI=1S/C9H12N2O/c1-2-5-11-6-7-12-9(8-11)3-4-10/h1,9H,3,5-8H2/t9-/m0/s1.